The number of aromatic nitrogens is 2. The molecule has 2 heterocycles. The Bertz CT molecular complexity index is 562. The molecule has 0 aliphatic carbocycles. The molecule has 1 saturated heterocycles. The van der Waals surface area contributed by atoms with Gasteiger partial charge >= 0.3 is 0 Å². The first-order chi connectivity index (χ1) is 8.63. The third-order valence-corrected chi connectivity index (χ3v) is 3.75. The van der Waals surface area contributed by atoms with Gasteiger partial charge in [0, 0.05) is 31.4 Å². The Kier molecular flexibility index (Phi) is 2.63. The van der Waals surface area contributed by atoms with E-state index in [1.54, 1.807) is 0 Å². The van der Waals surface area contributed by atoms with Crippen LogP contribution in [-0.4, -0.2) is 47.6 Å². The van der Waals surface area contributed by atoms with Crippen molar-refractivity contribution in [3.05, 3.63) is 18.2 Å². The standard InChI is InChI=1S/C13H19N5/c1-9-8-18(6-5-17(9)2)13-15-11-4-3-10(14)7-12(11)16-13/h3-4,7,9H,5-6,8,14H2,1-2H3,(H,15,16). The van der Waals surface area contributed by atoms with Crippen molar-refractivity contribution in [3.8, 4) is 0 Å². The van der Waals surface area contributed by atoms with E-state index in [-0.39, 0.29) is 0 Å². The Hall–Kier alpha value is -1.75. The number of nitrogen functional groups attached to an aromatic ring is 1. The molecule has 0 bridgehead atoms. The maximum Gasteiger partial charge on any atom is 0.203 e. The molecule has 1 aliphatic heterocycles. The van der Waals surface area contributed by atoms with Crippen LogP contribution >= 0.6 is 0 Å². The number of anilines is 2. The maximum absolute atomic E-state index is 5.78. The number of hydrogen-bond acceptors (Lipinski definition) is 4. The highest BCUT2D eigenvalue weighted by molar-refractivity contribution is 5.80. The highest BCUT2D eigenvalue weighted by atomic mass is 15.3. The summed E-state index contributed by atoms with van der Waals surface area (Å²) in [4.78, 5) is 12.7. The fourth-order valence-corrected chi connectivity index (χ4v) is 2.40. The van der Waals surface area contributed by atoms with Gasteiger partial charge in [0.15, 0.2) is 0 Å². The van der Waals surface area contributed by atoms with Crippen LogP contribution in [0, 0.1) is 0 Å². The minimum Gasteiger partial charge on any atom is -0.399 e. The molecule has 0 radical (unpaired) electrons. The van der Waals surface area contributed by atoms with E-state index >= 15 is 0 Å². The fraction of sp³-hybridized carbons (Fsp3) is 0.462. The molecule has 5 heteroatoms. The lowest BCUT2D eigenvalue weighted by atomic mass is 10.2. The molecule has 96 valence electrons. The number of aromatic amines is 1. The number of benzene rings is 1. The molecule has 3 rings (SSSR count). The van der Waals surface area contributed by atoms with Crippen LogP contribution in [0.15, 0.2) is 18.2 Å². The van der Waals surface area contributed by atoms with E-state index < -0.39 is 0 Å². The van der Waals surface area contributed by atoms with Crippen LogP contribution in [0.25, 0.3) is 11.0 Å². The molecule has 5 nitrogen and oxygen atoms in total. The van der Waals surface area contributed by atoms with Crippen LogP contribution in [-0.2, 0) is 0 Å². The number of imidazole rings is 1. The van der Waals surface area contributed by atoms with Gasteiger partial charge in [-0.1, -0.05) is 0 Å². The monoisotopic (exact) mass is 245 g/mol. The normalized spacial score (nSPS) is 21.7. The van der Waals surface area contributed by atoms with Crippen LogP contribution in [0.2, 0.25) is 0 Å². The SMILES string of the molecule is CC1CN(c2nc3ccc(N)cc3[nH]2)CCN1C. The minimum atomic E-state index is 0.553. The first-order valence-electron chi connectivity index (χ1n) is 6.34. The smallest absolute Gasteiger partial charge is 0.203 e. The van der Waals surface area contributed by atoms with Crippen molar-refractivity contribution in [2.45, 2.75) is 13.0 Å². The second-order valence-electron chi connectivity index (χ2n) is 5.11. The average molecular weight is 245 g/mol. The second-order valence-corrected chi connectivity index (χ2v) is 5.11. The number of hydrogen-bond donors (Lipinski definition) is 2. The number of nitrogens with one attached hydrogen (secondary N) is 1. The Morgan fingerprint density at radius 2 is 2.22 bits per heavy atom. The zero-order chi connectivity index (χ0) is 12.7. The molecule has 0 spiro atoms. The summed E-state index contributed by atoms with van der Waals surface area (Å²) >= 11 is 0. The zero-order valence-corrected chi connectivity index (χ0v) is 10.8. The average Bonchev–Trinajstić information content (AvgIpc) is 2.75. The number of fused-ring (bicyclic) bond motifs is 1. The van der Waals surface area contributed by atoms with Crippen LogP contribution in [0.5, 0.6) is 0 Å². The van der Waals surface area contributed by atoms with Crippen molar-refractivity contribution < 1.29 is 0 Å². The number of piperazine rings is 1. The first-order valence-corrected chi connectivity index (χ1v) is 6.34. The van der Waals surface area contributed by atoms with Gasteiger partial charge in [-0.25, -0.2) is 4.98 Å². The molecular formula is C13H19N5. The summed E-state index contributed by atoms with van der Waals surface area (Å²) in [5, 5.41) is 0. The van der Waals surface area contributed by atoms with Gasteiger partial charge in [0.2, 0.25) is 5.95 Å². The summed E-state index contributed by atoms with van der Waals surface area (Å²) in [7, 11) is 2.17. The maximum atomic E-state index is 5.78. The van der Waals surface area contributed by atoms with Gasteiger partial charge < -0.3 is 20.5 Å². The van der Waals surface area contributed by atoms with Gasteiger partial charge in [-0.2, -0.15) is 0 Å². The van der Waals surface area contributed by atoms with Crippen LogP contribution in [0.4, 0.5) is 11.6 Å². The quantitative estimate of drug-likeness (QED) is 0.743. The van der Waals surface area contributed by atoms with Crippen molar-refractivity contribution in [1.29, 1.82) is 0 Å². The Morgan fingerprint density at radius 3 is 3.00 bits per heavy atom. The molecule has 18 heavy (non-hydrogen) atoms. The summed E-state index contributed by atoms with van der Waals surface area (Å²) in [6.07, 6.45) is 0. The number of nitrogens with zero attached hydrogens (tertiary/aromatic N) is 3. The lowest BCUT2D eigenvalue weighted by Gasteiger charge is -2.37. The number of H-pyrrole nitrogens is 1. The fourth-order valence-electron chi connectivity index (χ4n) is 2.40. The van der Waals surface area contributed by atoms with E-state index in [0.717, 1.165) is 42.3 Å². The van der Waals surface area contributed by atoms with E-state index in [0.29, 0.717) is 6.04 Å². The highest BCUT2D eigenvalue weighted by Gasteiger charge is 2.22. The summed E-state index contributed by atoms with van der Waals surface area (Å²) in [6, 6.07) is 6.34. The Morgan fingerprint density at radius 1 is 1.39 bits per heavy atom. The van der Waals surface area contributed by atoms with Crippen molar-refractivity contribution in [1.82, 2.24) is 14.9 Å². The van der Waals surface area contributed by atoms with E-state index in [1.165, 1.54) is 0 Å². The van der Waals surface area contributed by atoms with Crippen molar-refractivity contribution in [3.63, 3.8) is 0 Å². The van der Waals surface area contributed by atoms with Crippen molar-refractivity contribution in [2.24, 2.45) is 0 Å². The molecule has 0 amide bonds. The van der Waals surface area contributed by atoms with Gasteiger partial charge in [0.05, 0.1) is 11.0 Å². The molecule has 1 fully saturated rings. The molecule has 1 atom stereocenters. The summed E-state index contributed by atoms with van der Waals surface area (Å²) in [5.41, 5.74) is 8.54. The Labute approximate surface area is 107 Å². The molecule has 1 aromatic carbocycles. The predicted molar refractivity (Wildman–Crippen MR) is 74.8 cm³/mol. The second kappa shape index (κ2) is 4.17. The van der Waals surface area contributed by atoms with E-state index in [4.69, 9.17) is 5.73 Å². The summed E-state index contributed by atoms with van der Waals surface area (Å²) in [6.45, 7) is 5.33. The number of rotatable bonds is 1. The number of likely N-dealkylation sites (N-methyl/N-ethyl adjacent to an activating group) is 1. The van der Waals surface area contributed by atoms with Crippen LogP contribution in [0.1, 0.15) is 6.92 Å². The van der Waals surface area contributed by atoms with E-state index in [2.05, 4.69) is 33.7 Å². The Balaban J connectivity index is 1.90. The molecular weight excluding hydrogens is 226 g/mol. The molecule has 2 aromatic rings. The minimum absolute atomic E-state index is 0.553. The third-order valence-electron chi connectivity index (χ3n) is 3.75. The van der Waals surface area contributed by atoms with Gasteiger partial charge in [-0.3, -0.25) is 0 Å². The van der Waals surface area contributed by atoms with Gasteiger partial charge in [-0.15, -0.1) is 0 Å². The summed E-state index contributed by atoms with van der Waals surface area (Å²) in [5.74, 6) is 0.954. The zero-order valence-electron chi connectivity index (χ0n) is 10.8. The third kappa shape index (κ3) is 1.90. The molecule has 1 aliphatic rings. The van der Waals surface area contributed by atoms with Crippen LogP contribution < -0.4 is 10.6 Å². The van der Waals surface area contributed by atoms with Crippen molar-refractivity contribution >= 4 is 22.7 Å². The van der Waals surface area contributed by atoms with E-state index in [9.17, 15) is 0 Å². The first kappa shape index (κ1) is 11.3. The lowest BCUT2D eigenvalue weighted by molar-refractivity contribution is 0.233. The topological polar surface area (TPSA) is 61.2 Å². The van der Waals surface area contributed by atoms with Crippen LogP contribution in [0.3, 0.4) is 0 Å². The lowest BCUT2D eigenvalue weighted by Crippen LogP contribution is -2.50. The van der Waals surface area contributed by atoms with Crippen molar-refractivity contribution in [2.75, 3.05) is 37.3 Å². The predicted octanol–water partition coefficient (Wildman–Crippen LogP) is 1.29. The summed E-state index contributed by atoms with van der Waals surface area (Å²) < 4.78 is 0. The number of nitrogens with two attached hydrogens (primary N) is 1. The van der Waals surface area contributed by atoms with Gasteiger partial charge in [0.1, 0.15) is 0 Å². The molecule has 1 aromatic heterocycles. The highest BCUT2D eigenvalue weighted by Crippen LogP contribution is 2.21. The molecule has 0 saturated carbocycles. The molecule has 1 unspecified atom stereocenters. The van der Waals surface area contributed by atoms with Gasteiger partial charge in [-0.05, 0) is 32.2 Å². The largest absolute Gasteiger partial charge is 0.399 e. The van der Waals surface area contributed by atoms with E-state index in [1.807, 2.05) is 18.2 Å². The molecule has 3 N–H and O–H groups in total. The van der Waals surface area contributed by atoms with Gasteiger partial charge in [0.25, 0.3) is 0 Å².